The van der Waals surface area contributed by atoms with Crippen LogP contribution in [0.15, 0.2) is 138 Å². The number of nitrogens with zero attached hydrogens (tertiary/aromatic N) is 3. The van der Waals surface area contributed by atoms with Gasteiger partial charge < -0.3 is 0 Å². The van der Waals surface area contributed by atoms with E-state index in [9.17, 15) is 0 Å². The average molecular weight is 564 g/mol. The Hall–Kier alpha value is -4.67. The van der Waals surface area contributed by atoms with E-state index in [2.05, 4.69) is 149 Å². The summed E-state index contributed by atoms with van der Waals surface area (Å²) in [5.74, 6) is 1.97. The van der Waals surface area contributed by atoms with Gasteiger partial charge >= 0.3 is 0 Å². The van der Waals surface area contributed by atoms with Crippen LogP contribution in [-0.4, -0.2) is 15.0 Å². The van der Waals surface area contributed by atoms with E-state index in [1.807, 2.05) is 0 Å². The summed E-state index contributed by atoms with van der Waals surface area (Å²) in [6, 6.07) is 46.1. The summed E-state index contributed by atoms with van der Waals surface area (Å²) in [5, 5.41) is 4.69. The minimum absolute atomic E-state index is 0.652. The molecule has 0 bridgehead atoms. The predicted octanol–water partition coefficient (Wildman–Crippen LogP) is 9.61. The summed E-state index contributed by atoms with van der Waals surface area (Å²) >= 11 is 3.52. The third-order valence-corrected chi connectivity index (χ3v) is 7.50. The first-order chi connectivity index (χ1) is 19.2. The van der Waals surface area contributed by atoms with E-state index in [-0.39, 0.29) is 0 Å². The van der Waals surface area contributed by atoms with Gasteiger partial charge in [0.25, 0.3) is 0 Å². The average Bonchev–Trinajstić information content (AvgIpc) is 3.01. The quantitative estimate of drug-likeness (QED) is 0.214. The highest BCUT2D eigenvalue weighted by molar-refractivity contribution is 9.10. The summed E-state index contributed by atoms with van der Waals surface area (Å²) in [7, 11) is 0. The van der Waals surface area contributed by atoms with Gasteiger partial charge in [0.2, 0.25) is 0 Å². The van der Waals surface area contributed by atoms with E-state index in [1.54, 1.807) is 0 Å². The Labute approximate surface area is 235 Å². The molecule has 0 spiro atoms. The maximum atomic E-state index is 4.96. The molecule has 0 saturated heterocycles. The number of halogens is 1. The van der Waals surface area contributed by atoms with Crippen LogP contribution in [-0.2, 0) is 0 Å². The molecule has 7 rings (SSSR count). The largest absolute Gasteiger partial charge is 0.208 e. The van der Waals surface area contributed by atoms with Crippen LogP contribution in [0.25, 0.3) is 66.8 Å². The lowest BCUT2D eigenvalue weighted by atomic mass is 10.0. The van der Waals surface area contributed by atoms with Crippen LogP contribution in [0, 0.1) is 0 Å². The molecule has 0 radical (unpaired) electrons. The van der Waals surface area contributed by atoms with Crippen LogP contribution in [0.5, 0.6) is 0 Å². The second-order valence-electron chi connectivity index (χ2n) is 9.51. The van der Waals surface area contributed by atoms with Crippen LogP contribution >= 0.6 is 15.9 Å². The molecular weight excluding hydrogens is 542 g/mol. The number of benzene rings is 6. The zero-order valence-electron chi connectivity index (χ0n) is 20.9. The monoisotopic (exact) mass is 563 g/mol. The molecule has 0 aliphatic heterocycles. The fourth-order valence-electron chi connectivity index (χ4n) is 4.87. The Morgan fingerprint density at radius 3 is 1.18 bits per heavy atom. The van der Waals surface area contributed by atoms with Crippen molar-refractivity contribution in [2.75, 3.05) is 0 Å². The van der Waals surface area contributed by atoms with Crippen molar-refractivity contribution in [3.05, 3.63) is 138 Å². The van der Waals surface area contributed by atoms with E-state index in [0.29, 0.717) is 17.5 Å². The van der Waals surface area contributed by atoms with Gasteiger partial charge in [-0.2, -0.15) is 0 Å². The first-order valence-corrected chi connectivity index (χ1v) is 13.6. The number of hydrogen-bond acceptors (Lipinski definition) is 3. The Morgan fingerprint density at radius 1 is 0.333 bits per heavy atom. The minimum atomic E-state index is 0.652. The second-order valence-corrected chi connectivity index (χ2v) is 10.4. The Bertz CT molecular complexity index is 1860. The zero-order chi connectivity index (χ0) is 26.2. The van der Waals surface area contributed by atoms with Crippen molar-refractivity contribution in [2.45, 2.75) is 0 Å². The van der Waals surface area contributed by atoms with Gasteiger partial charge in [0.15, 0.2) is 17.5 Å². The normalized spacial score (nSPS) is 11.2. The lowest BCUT2D eigenvalue weighted by Gasteiger charge is -2.10. The van der Waals surface area contributed by atoms with Gasteiger partial charge in [0.1, 0.15) is 0 Å². The third kappa shape index (κ3) is 4.71. The molecule has 0 aliphatic rings. The van der Waals surface area contributed by atoms with E-state index in [4.69, 9.17) is 15.0 Å². The summed E-state index contributed by atoms with van der Waals surface area (Å²) < 4.78 is 1.07. The summed E-state index contributed by atoms with van der Waals surface area (Å²) in [4.78, 5) is 14.9. The molecule has 3 nitrogen and oxygen atoms in total. The number of hydrogen-bond donors (Lipinski definition) is 0. The molecule has 0 saturated carbocycles. The van der Waals surface area contributed by atoms with Crippen LogP contribution < -0.4 is 0 Å². The van der Waals surface area contributed by atoms with Crippen molar-refractivity contribution >= 4 is 37.5 Å². The molecule has 0 fully saturated rings. The lowest BCUT2D eigenvalue weighted by molar-refractivity contribution is 1.08. The lowest BCUT2D eigenvalue weighted by Crippen LogP contribution is -2.00. The van der Waals surface area contributed by atoms with Gasteiger partial charge in [-0.1, -0.05) is 125 Å². The molecular formula is C35H22BrN3. The van der Waals surface area contributed by atoms with Crippen molar-refractivity contribution in [1.82, 2.24) is 15.0 Å². The van der Waals surface area contributed by atoms with Crippen LogP contribution in [0.1, 0.15) is 0 Å². The first kappa shape index (κ1) is 23.4. The SMILES string of the molecule is Brc1ccc(-c2ccc(-c3nc(-c4ccc5ccccc5c4)nc(-c4ccc5ccccc5c4)n3)cc2)cc1. The number of aromatic nitrogens is 3. The summed E-state index contributed by atoms with van der Waals surface area (Å²) in [6.07, 6.45) is 0. The summed E-state index contributed by atoms with van der Waals surface area (Å²) in [5.41, 5.74) is 5.18. The molecule has 1 heterocycles. The molecule has 4 heteroatoms. The fourth-order valence-corrected chi connectivity index (χ4v) is 5.14. The van der Waals surface area contributed by atoms with Crippen LogP contribution in [0.2, 0.25) is 0 Å². The van der Waals surface area contributed by atoms with E-state index in [1.165, 1.54) is 10.8 Å². The highest BCUT2D eigenvalue weighted by Crippen LogP contribution is 2.30. The van der Waals surface area contributed by atoms with Crippen LogP contribution in [0.3, 0.4) is 0 Å². The molecule has 1 aromatic heterocycles. The first-order valence-electron chi connectivity index (χ1n) is 12.8. The van der Waals surface area contributed by atoms with E-state index < -0.39 is 0 Å². The molecule has 0 N–H and O–H groups in total. The summed E-state index contributed by atoms with van der Waals surface area (Å²) in [6.45, 7) is 0. The highest BCUT2D eigenvalue weighted by atomic mass is 79.9. The van der Waals surface area contributed by atoms with Gasteiger partial charge in [0.05, 0.1) is 0 Å². The Morgan fingerprint density at radius 2 is 0.692 bits per heavy atom. The molecule has 184 valence electrons. The van der Waals surface area contributed by atoms with Crippen molar-refractivity contribution in [3.63, 3.8) is 0 Å². The fraction of sp³-hybridized carbons (Fsp3) is 0. The van der Waals surface area contributed by atoms with Gasteiger partial charge in [0, 0.05) is 21.2 Å². The molecule has 7 aromatic rings. The molecule has 0 aliphatic carbocycles. The molecule has 6 aromatic carbocycles. The van der Waals surface area contributed by atoms with Gasteiger partial charge in [-0.3, -0.25) is 0 Å². The standard InChI is InChI=1S/C35H22BrN3/c36-32-19-17-26(18-20-32)25-9-13-27(14-10-25)33-37-34(30-15-11-23-5-1-3-7-28(23)21-30)39-35(38-33)31-16-12-24-6-2-4-8-29(24)22-31/h1-22H. The van der Waals surface area contributed by atoms with Crippen LogP contribution in [0.4, 0.5) is 0 Å². The zero-order valence-corrected chi connectivity index (χ0v) is 22.5. The molecule has 39 heavy (non-hydrogen) atoms. The Kier molecular flexibility index (Phi) is 5.95. The third-order valence-electron chi connectivity index (χ3n) is 6.97. The van der Waals surface area contributed by atoms with Gasteiger partial charge in [-0.15, -0.1) is 0 Å². The van der Waals surface area contributed by atoms with E-state index in [0.717, 1.165) is 43.1 Å². The molecule has 0 unspecified atom stereocenters. The smallest absolute Gasteiger partial charge is 0.164 e. The van der Waals surface area contributed by atoms with Crippen molar-refractivity contribution in [1.29, 1.82) is 0 Å². The van der Waals surface area contributed by atoms with Gasteiger partial charge in [-0.05, 0) is 56.9 Å². The highest BCUT2D eigenvalue weighted by Gasteiger charge is 2.13. The van der Waals surface area contributed by atoms with Gasteiger partial charge in [-0.25, -0.2) is 15.0 Å². The number of fused-ring (bicyclic) bond motifs is 2. The van der Waals surface area contributed by atoms with E-state index >= 15 is 0 Å². The maximum absolute atomic E-state index is 4.96. The Balaban J connectivity index is 1.36. The van der Waals surface area contributed by atoms with Crippen molar-refractivity contribution < 1.29 is 0 Å². The van der Waals surface area contributed by atoms with Crippen molar-refractivity contribution in [3.8, 4) is 45.3 Å². The van der Waals surface area contributed by atoms with Crippen molar-refractivity contribution in [2.24, 2.45) is 0 Å². The topological polar surface area (TPSA) is 38.7 Å². The maximum Gasteiger partial charge on any atom is 0.164 e. The predicted molar refractivity (Wildman–Crippen MR) is 164 cm³/mol. The number of rotatable bonds is 4. The second kappa shape index (κ2) is 9.90. The minimum Gasteiger partial charge on any atom is -0.208 e. The molecule has 0 atom stereocenters. The molecule has 0 amide bonds.